The number of thiazole rings is 1. The van der Waals surface area contributed by atoms with Crippen LogP contribution in [-0.2, 0) is 12.8 Å². The van der Waals surface area contributed by atoms with Crippen LogP contribution in [0, 0.1) is 0 Å². The Kier molecular flexibility index (Phi) is 6.14. The molecule has 7 heteroatoms. The third kappa shape index (κ3) is 4.66. The molecular formula is C25H23ClN4OS. The van der Waals surface area contributed by atoms with Crippen molar-refractivity contribution in [2.24, 2.45) is 0 Å². The van der Waals surface area contributed by atoms with Crippen LogP contribution in [0.25, 0.3) is 10.2 Å². The smallest absolute Gasteiger partial charge is 0.253 e. The topological polar surface area (TPSA) is 59.0 Å². The fourth-order valence-corrected chi connectivity index (χ4v) is 4.98. The molecule has 5 rings (SSSR count). The first-order valence-corrected chi connectivity index (χ1v) is 12.1. The Morgan fingerprint density at radius 3 is 2.56 bits per heavy atom. The Morgan fingerprint density at radius 2 is 1.75 bits per heavy atom. The molecule has 0 bridgehead atoms. The van der Waals surface area contributed by atoms with Gasteiger partial charge in [-0.05, 0) is 54.7 Å². The highest BCUT2D eigenvalue weighted by atomic mass is 35.5. The van der Waals surface area contributed by atoms with Crippen molar-refractivity contribution in [3.63, 3.8) is 0 Å². The second-order valence-electron chi connectivity index (χ2n) is 8.14. The lowest BCUT2D eigenvalue weighted by molar-refractivity contribution is 0.0724. The van der Waals surface area contributed by atoms with E-state index in [1.54, 1.807) is 17.5 Å². The maximum Gasteiger partial charge on any atom is 0.253 e. The van der Waals surface area contributed by atoms with Crippen molar-refractivity contribution in [1.82, 2.24) is 19.9 Å². The Labute approximate surface area is 196 Å². The number of carbonyl (C=O) groups is 1. The van der Waals surface area contributed by atoms with E-state index >= 15 is 0 Å². The maximum atomic E-state index is 12.7. The number of piperidine rings is 1. The van der Waals surface area contributed by atoms with Gasteiger partial charge in [0.25, 0.3) is 5.91 Å². The van der Waals surface area contributed by atoms with Crippen LogP contribution in [0.5, 0.6) is 0 Å². The molecule has 2 aromatic heterocycles. The minimum absolute atomic E-state index is 0.124. The molecule has 1 amide bonds. The van der Waals surface area contributed by atoms with Crippen LogP contribution in [0.3, 0.4) is 0 Å². The standard InChI is InChI=1S/C25H23ClN4OS/c26-20-15-27-24(29-22(20)12-18-6-9-21-23(13-18)32-16-28-21)14-17-4-7-19(8-5-17)25(31)30-10-2-1-3-11-30/h4-9,13,15-16H,1-3,10-12,14H2. The SMILES string of the molecule is O=C(c1ccc(Cc2ncc(Cl)c(Cc3ccc4ncsc4c3)n2)cc1)N1CCCCC1. The molecule has 1 aliphatic rings. The summed E-state index contributed by atoms with van der Waals surface area (Å²) in [5.41, 5.74) is 6.64. The third-order valence-corrected chi connectivity index (χ3v) is 6.95. The van der Waals surface area contributed by atoms with Crippen molar-refractivity contribution in [3.8, 4) is 0 Å². The van der Waals surface area contributed by atoms with E-state index in [-0.39, 0.29) is 5.91 Å². The fourth-order valence-electron chi connectivity index (χ4n) is 4.08. The zero-order valence-corrected chi connectivity index (χ0v) is 19.2. The van der Waals surface area contributed by atoms with E-state index in [0.29, 0.717) is 17.9 Å². The number of fused-ring (bicyclic) bond motifs is 1. The number of nitrogens with zero attached hydrogens (tertiary/aromatic N) is 4. The van der Waals surface area contributed by atoms with Crippen LogP contribution in [-0.4, -0.2) is 38.8 Å². The van der Waals surface area contributed by atoms with Crippen molar-refractivity contribution in [2.75, 3.05) is 13.1 Å². The molecule has 1 aliphatic heterocycles. The molecule has 3 heterocycles. The second kappa shape index (κ2) is 9.35. The normalized spacial score (nSPS) is 14.1. The largest absolute Gasteiger partial charge is 0.339 e. The average Bonchev–Trinajstić information content (AvgIpc) is 3.30. The monoisotopic (exact) mass is 462 g/mol. The molecule has 0 atom stereocenters. The van der Waals surface area contributed by atoms with E-state index in [4.69, 9.17) is 16.6 Å². The third-order valence-electron chi connectivity index (χ3n) is 5.84. The number of amides is 1. The van der Waals surface area contributed by atoms with Gasteiger partial charge < -0.3 is 4.90 Å². The van der Waals surface area contributed by atoms with Crippen molar-refractivity contribution >= 4 is 39.1 Å². The molecule has 5 nitrogen and oxygen atoms in total. The number of hydrogen-bond acceptors (Lipinski definition) is 5. The first-order valence-electron chi connectivity index (χ1n) is 10.9. The van der Waals surface area contributed by atoms with Crippen LogP contribution in [0.15, 0.2) is 54.2 Å². The van der Waals surface area contributed by atoms with Crippen LogP contribution in [0.2, 0.25) is 5.02 Å². The molecule has 0 aliphatic carbocycles. The minimum Gasteiger partial charge on any atom is -0.339 e. The zero-order chi connectivity index (χ0) is 21.9. The summed E-state index contributed by atoms with van der Waals surface area (Å²) >= 11 is 8.03. The van der Waals surface area contributed by atoms with E-state index in [2.05, 4.69) is 22.1 Å². The van der Waals surface area contributed by atoms with Gasteiger partial charge >= 0.3 is 0 Å². The molecule has 0 spiro atoms. The van der Waals surface area contributed by atoms with Crippen LogP contribution in [0.4, 0.5) is 0 Å². The van der Waals surface area contributed by atoms with Crippen molar-refractivity contribution in [1.29, 1.82) is 0 Å². The number of halogens is 1. The average molecular weight is 463 g/mol. The van der Waals surface area contributed by atoms with Crippen molar-refractivity contribution in [2.45, 2.75) is 32.1 Å². The summed E-state index contributed by atoms with van der Waals surface area (Å²) in [6.07, 6.45) is 6.32. The highest BCUT2D eigenvalue weighted by Crippen LogP contribution is 2.23. The molecule has 162 valence electrons. The van der Waals surface area contributed by atoms with Crippen LogP contribution in [0.1, 0.15) is 52.3 Å². The Balaban J connectivity index is 1.29. The lowest BCUT2D eigenvalue weighted by Gasteiger charge is -2.26. The Bertz CT molecular complexity index is 1250. The van der Waals surface area contributed by atoms with E-state index in [9.17, 15) is 4.79 Å². The van der Waals surface area contributed by atoms with Crippen LogP contribution >= 0.6 is 22.9 Å². The second-order valence-corrected chi connectivity index (χ2v) is 9.43. The fraction of sp³-hybridized carbons (Fsp3) is 0.280. The molecule has 1 fully saturated rings. The number of hydrogen-bond donors (Lipinski definition) is 0. The number of likely N-dealkylation sites (tertiary alicyclic amines) is 1. The van der Waals surface area contributed by atoms with Gasteiger partial charge in [-0.2, -0.15) is 0 Å². The number of rotatable bonds is 5. The van der Waals surface area contributed by atoms with E-state index in [1.807, 2.05) is 40.7 Å². The summed E-state index contributed by atoms with van der Waals surface area (Å²) in [4.78, 5) is 28.1. The molecule has 2 aromatic carbocycles. The summed E-state index contributed by atoms with van der Waals surface area (Å²) in [5.74, 6) is 0.845. The minimum atomic E-state index is 0.124. The predicted molar refractivity (Wildman–Crippen MR) is 128 cm³/mol. The zero-order valence-electron chi connectivity index (χ0n) is 17.6. The number of benzene rings is 2. The van der Waals surface area contributed by atoms with Gasteiger partial charge in [0.05, 0.1) is 26.4 Å². The highest BCUT2D eigenvalue weighted by molar-refractivity contribution is 7.16. The van der Waals surface area contributed by atoms with Gasteiger partial charge in [0.1, 0.15) is 5.82 Å². The Morgan fingerprint density at radius 1 is 0.969 bits per heavy atom. The molecule has 1 saturated heterocycles. The van der Waals surface area contributed by atoms with Gasteiger partial charge in [0.15, 0.2) is 0 Å². The van der Waals surface area contributed by atoms with E-state index < -0.39 is 0 Å². The van der Waals surface area contributed by atoms with Gasteiger partial charge in [-0.15, -0.1) is 11.3 Å². The van der Waals surface area contributed by atoms with Crippen molar-refractivity contribution < 1.29 is 4.79 Å². The summed E-state index contributed by atoms with van der Waals surface area (Å²) < 4.78 is 1.16. The molecule has 0 unspecified atom stereocenters. The van der Waals surface area contributed by atoms with E-state index in [1.165, 1.54) is 6.42 Å². The van der Waals surface area contributed by atoms with Gasteiger partial charge in [0, 0.05) is 37.7 Å². The summed E-state index contributed by atoms with van der Waals surface area (Å²) in [7, 11) is 0. The maximum absolute atomic E-state index is 12.7. The van der Waals surface area contributed by atoms with Crippen molar-refractivity contribution in [3.05, 3.63) is 87.4 Å². The van der Waals surface area contributed by atoms with Gasteiger partial charge in [-0.1, -0.05) is 29.8 Å². The van der Waals surface area contributed by atoms with Crippen LogP contribution < -0.4 is 0 Å². The summed E-state index contributed by atoms with van der Waals surface area (Å²) in [6, 6.07) is 14.0. The predicted octanol–water partition coefficient (Wildman–Crippen LogP) is 5.55. The first-order chi connectivity index (χ1) is 15.7. The summed E-state index contributed by atoms with van der Waals surface area (Å²) in [5, 5.41) is 0.570. The lowest BCUT2D eigenvalue weighted by Crippen LogP contribution is -2.35. The molecule has 0 N–H and O–H groups in total. The lowest BCUT2D eigenvalue weighted by atomic mass is 10.1. The molecule has 32 heavy (non-hydrogen) atoms. The molecule has 0 saturated carbocycles. The molecule has 0 radical (unpaired) electrons. The first kappa shape index (κ1) is 21.0. The Hall–Kier alpha value is -2.83. The summed E-state index contributed by atoms with van der Waals surface area (Å²) in [6.45, 7) is 1.72. The molecule has 4 aromatic rings. The molecular weight excluding hydrogens is 440 g/mol. The number of aromatic nitrogens is 3. The van der Waals surface area contributed by atoms with Gasteiger partial charge in [-0.3, -0.25) is 4.79 Å². The van der Waals surface area contributed by atoms with Gasteiger partial charge in [-0.25, -0.2) is 15.0 Å². The highest BCUT2D eigenvalue weighted by Gasteiger charge is 2.18. The quantitative estimate of drug-likeness (QED) is 0.390. The number of carbonyl (C=O) groups excluding carboxylic acids is 1. The van der Waals surface area contributed by atoms with E-state index in [0.717, 1.165) is 64.4 Å². The van der Waals surface area contributed by atoms with Gasteiger partial charge in [0.2, 0.25) is 0 Å².